The van der Waals surface area contributed by atoms with E-state index in [9.17, 15) is 28.5 Å². The second-order valence-corrected chi connectivity index (χ2v) is 15.3. The summed E-state index contributed by atoms with van der Waals surface area (Å²) in [6.45, 7) is 13.4. The number of hydrogen-bond donors (Lipinski definition) is 2. The number of carbonyl (C=O) groups is 5. The van der Waals surface area contributed by atoms with Gasteiger partial charge >= 0.3 is 31.5 Å². The van der Waals surface area contributed by atoms with Gasteiger partial charge in [-0.3, -0.25) is 18.9 Å². The van der Waals surface area contributed by atoms with Crippen molar-refractivity contribution in [3.8, 4) is 0 Å². The van der Waals surface area contributed by atoms with E-state index in [1.807, 2.05) is 60.7 Å². The maximum absolute atomic E-state index is 12.4. The standard InChI is InChI=1S/C17H22O4.C12H23O7P.C9H10O/c1-17(2,3)21-15(18)12-14(16(19)20)11-7-10-13-8-5-4-6-9-13;1-6-17-20(16,18-7-2)9(11(14)15)8-10(13)19-12(3,4)5;10-8-4-7-9-5-2-1-3-6-9/h4-6,8-9,11H,7,10,12H2,1-3H3,(H,19,20);9H,6-8H2,1-5H3,(H,14,15);1-3,5-6,8H,4,7H2/b14-11+;;. The molecule has 0 bridgehead atoms. The average Bonchev–Trinajstić information content (AvgIpc) is 3.02. The topological polar surface area (TPSA) is 180 Å². The Balaban J connectivity index is 0.000000778. The summed E-state index contributed by atoms with van der Waals surface area (Å²) in [5.74, 6) is -3.77. The minimum atomic E-state index is -3.91. The van der Waals surface area contributed by atoms with E-state index < -0.39 is 54.8 Å². The highest BCUT2D eigenvalue weighted by Gasteiger charge is 2.43. The van der Waals surface area contributed by atoms with Crippen LogP contribution in [0.1, 0.15) is 92.2 Å². The summed E-state index contributed by atoms with van der Waals surface area (Å²) in [6.07, 6.45) is 4.59. The fraction of sp³-hybridized carbons (Fsp3) is 0.500. The summed E-state index contributed by atoms with van der Waals surface area (Å²) in [7, 11) is -3.91. The van der Waals surface area contributed by atoms with Crippen LogP contribution in [-0.2, 0) is 59.9 Å². The number of aliphatic carboxylic acids is 2. The zero-order chi connectivity index (χ0) is 39.1. The van der Waals surface area contributed by atoms with Crippen LogP contribution in [0.25, 0.3) is 0 Å². The highest BCUT2D eigenvalue weighted by molar-refractivity contribution is 7.55. The third-order valence-electron chi connectivity index (χ3n) is 6.15. The minimum Gasteiger partial charge on any atom is -0.481 e. The van der Waals surface area contributed by atoms with Gasteiger partial charge in [0.05, 0.1) is 26.1 Å². The van der Waals surface area contributed by atoms with Crippen LogP contribution < -0.4 is 0 Å². The zero-order valence-electron chi connectivity index (χ0n) is 31.1. The van der Waals surface area contributed by atoms with E-state index in [0.717, 1.165) is 24.7 Å². The van der Waals surface area contributed by atoms with Crippen molar-refractivity contribution >= 4 is 37.8 Å². The van der Waals surface area contributed by atoms with Gasteiger partial charge in [-0.2, -0.15) is 0 Å². The van der Waals surface area contributed by atoms with Crippen LogP contribution in [0.3, 0.4) is 0 Å². The molecule has 0 radical (unpaired) electrons. The molecule has 12 nitrogen and oxygen atoms in total. The Morgan fingerprint density at radius 3 is 1.53 bits per heavy atom. The number of aldehydes is 1. The van der Waals surface area contributed by atoms with E-state index in [1.54, 1.807) is 61.5 Å². The fourth-order valence-electron chi connectivity index (χ4n) is 4.15. The number of allylic oxidation sites excluding steroid dienone is 1. The molecule has 1 atom stereocenters. The molecule has 13 heteroatoms. The Labute approximate surface area is 302 Å². The number of benzene rings is 2. The van der Waals surface area contributed by atoms with Gasteiger partial charge in [0.25, 0.3) is 0 Å². The molecule has 0 aliphatic heterocycles. The lowest BCUT2D eigenvalue weighted by molar-refractivity contribution is -0.157. The molecule has 0 amide bonds. The predicted octanol–water partition coefficient (Wildman–Crippen LogP) is 7.62. The van der Waals surface area contributed by atoms with Gasteiger partial charge in [0.2, 0.25) is 0 Å². The highest BCUT2D eigenvalue weighted by Crippen LogP contribution is 2.54. The third-order valence-corrected chi connectivity index (χ3v) is 8.56. The molecule has 0 aliphatic carbocycles. The summed E-state index contributed by atoms with van der Waals surface area (Å²) in [6, 6.07) is 19.8. The van der Waals surface area contributed by atoms with Crippen LogP contribution in [0.5, 0.6) is 0 Å². The first kappa shape index (κ1) is 46.9. The molecule has 0 saturated carbocycles. The number of hydrogen-bond acceptors (Lipinski definition) is 10. The lowest BCUT2D eigenvalue weighted by atomic mass is 10.1. The number of carboxylic acids is 2. The Hall–Kier alpha value is -4.12. The summed E-state index contributed by atoms with van der Waals surface area (Å²) in [4.78, 5) is 55.8. The van der Waals surface area contributed by atoms with Crippen molar-refractivity contribution < 1.29 is 57.3 Å². The molecule has 0 aliphatic rings. The molecule has 2 aromatic rings. The quantitative estimate of drug-likeness (QED) is 0.0704. The summed E-state index contributed by atoms with van der Waals surface area (Å²) in [5, 5.41) is 18.3. The Bertz CT molecular complexity index is 1410. The summed E-state index contributed by atoms with van der Waals surface area (Å²) < 4.78 is 32.5. The van der Waals surface area contributed by atoms with Gasteiger partial charge in [-0.25, -0.2) is 4.79 Å². The first-order chi connectivity index (χ1) is 23.8. The zero-order valence-corrected chi connectivity index (χ0v) is 32.0. The molecule has 2 aromatic carbocycles. The average molecular weight is 735 g/mol. The van der Waals surface area contributed by atoms with E-state index in [1.165, 1.54) is 5.56 Å². The number of aryl methyl sites for hydroxylation is 2. The van der Waals surface area contributed by atoms with Crippen LogP contribution in [-0.4, -0.2) is 70.5 Å². The fourth-order valence-corrected chi connectivity index (χ4v) is 5.95. The molecule has 51 heavy (non-hydrogen) atoms. The number of ether oxygens (including phenoxy) is 2. The van der Waals surface area contributed by atoms with E-state index in [0.29, 0.717) is 12.8 Å². The van der Waals surface area contributed by atoms with Crippen molar-refractivity contribution in [1.29, 1.82) is 0 Å². The van der Waals surface area contributed by atoms with Crippen LogP contribution in [0.15, 0.2) is 72.3 Å². The molecular weight excluding hydrogens is 679 g/mol. The molecule has 284 valence electrons. The molecule has 0 heterocycles. The van der Waals surface area contributed by atoms with Gasteiger partial charge in [-0.05, 0) is 85.8 Å². The Morgan fingerprint density at radius 2 is 1.16 bits per heavy atom. The van der Waals surface area contributed by atoms with Crippen molar-refractivity contribution in [2.45, 2.75) is 111 Å². The molecule has 0 aromatic heterocycles. The van der Waals surface area contributed by atoms with Crippen molar-refractivity contribution in [2.24, 2.45) is 0 Å². The first-order valence-electron chi connectivity index (χ1n) is 16.8. The SMILES string of the molecule is CC(C)(C)OC(=O)C/C(=C\CCc1ccccc1)C(=O)O.CCOP(=O)(OCC)C(CC(=O)OC(C)(C)C)C(=O)O.O=CCCc1ccccc1. The van der Waals surface area contributed by atoms with E-state index in [4.69, 9.17) is 28.7 Å². The second kappa shape index (κ2) is 24.1. The molecule has 0 spiro atoms. The van der Waals surface area contributed by atoms with Crippen LogP contribution >= 0.6 is 7.60 Å². The van der Waals surface area contributed by atoms with Crippen molar-refractivity contribution in [1.82, 2.24) is 0 Å². The third kappa shape index (κ3) is 23.1. The van der Waals surface area contributed by atoms with Crippen LogP contribution in [0.4, 0.5) is 0 Å². The smallest absolute Gasteiger partial charge is 0.345 e. The Kier molecular flexibility index (Phi) is 22.2. The molecule has 2 rings (SSSR count). The van der Waals surface area contributed by atoms with Crippen molar-refractivity contribution in [3.63, 3.8) is 0 Å². The van der Waals surface area contributed by atoms with E-state index in [2.05, 4.69) is 0 Å². The second-order valence-electron chi connectivity index (χ2n) is 13.0. The van der Waals surface area contributed by atoms with Gasteiger partial charge in [0.15, 0.2) is 5.66 Å². The van der Waals surface area contributed by atoms with Gasteiger partial charge in [-0.15, -0.1) is 0 Å². The highest BCUT2D eigenvalue weighted by atomic mass is 31.2. The van der Waals surface area contributed by atoms with Gasteiger partial charge < -0.3 is 33.5 Å². The normalized spacial score (nSPS) is 12.2. The van der Waals surface area contributed by atoms with Crippen LogP contribution in [0, 0.1) is 0 Å². The molecular formula is C38H55O12P. The van der Waals surface area contributed by atoms with Gasteiger partial charge in [0.1, 0.15) is 17.5 Å². The number of carbonyl (C=O) groups excluding carboxylic acids is 3. The molecule has 2 N–H and O–H groups in total. The number of esters is 2. The summed E-state index contributed by atoms with van der Waals surface area (Å²) >= 11 is 0. The lowest BCUT2D eigenvalue weighted by Crippen LogP contribution is -2.31. The van der Waals surface area contributed by atoms with Crippen LogP contribution in [0.2, 0.25) is 0 Å². The maximum atomic E-state index is 12.4. The minimum absolute atomic E-state index is 0.0232. The molecule has 1 unspecified atom stereocenters. The first-order valence-corrected chi connectivity index (χ1v) is 18.4. The van der Waals surface area contributed by atoms with Crippen molar-refractivity contribution in [3.05, 3.63) is 83.4 Å². The van der Waals surface area contributed by atoms with E-state index in [-0.39, 0.29) is 25.2 Å². The molecule has 0 saturated heterocycles. The number of rotatable bonds is 17. The monoisotopic (exact) mass is 734 g/mol. The Morgan fingerprint density at radius 1 is 0.725 bits per heavy atom. The largest absolute Gasteiger partial charge is 0.481 e. The summed E-state index contributed by atoms with van der Waals surface area (Å²) in [5.41, 5.74) is -0.477. The number of carboxylic acid groups (broad SMARTS) is 2. The lowest BCUT2D eigenvalue weighted by Gasteiger charge is -2.25. The van der Waals surface area contributed by atoms with Crippen molar-refractivity contribution in [2.75, 3.05) is 13.2 Å². The van der Waals surface area contributed by atoms with E-state index >= 15 is 0 Å². The predicted molar refractivity (Wildman–Crippen MR) is 195 cm³/mol. The van der Waals surface area contributed by atoms with Gasteiger partial charge in [-0.1, -0.05) is 66.7 Å². The van der Waals surface area contributed by atoms with Gasteiger partial charge in [0, 0.05) is 12.0 Å². The maximum Gasteiger partial charge on any atom is 0.345 e. The molecule has 0 fully saturated rings.